The zero-order valence-corrected chi connectivity index (χ0v) is 18.1. The molecular weight excluding hydrogens is 400 g/mol. The van der Waals surface area contributed by atoms with Gasteiger partial charge in [-0.1, -0.05) is 12.1 Å². The quantitative estimate of drug-likeness (QED) is 0.641. The number of carbonyl (C=O) groups excluding carboxylic acids is 1. The van der Waals surface area contributed by atoms with Crippen LogP contribution >= 0.6 is 23.1 Å². The fraction of sp³-hybridized carbons (Fsp3) is 0.318. The molecule has 1 saturated heterocycles. The summed E-state index contributed by atoms with van der Waals surface area (Å²) in [5, 5.41) is 5.91. The maximum atomic E-state index is 12.6. The molecule has 0 saturated carbocycles. The molecule has 1 aliphatic heterocycles. The SMILES string of the molecule is Cc1c(CN2CCSCC2)cccc1NC(=O)Cc1csc(-c2cccnc2)n1. The van der Waals surface area contributed by atoms with Crippen LogP contribution in [0.4, 0.5) is 5.69 Å². The van der Waals surface area contributed by atoms with Gasteiger partial charge in [0.05, 0.1) is 12.1 Å². The summed E-state index contributed by atoms with van der Waals surface area (Å²) in [5.41, 5.74) is 5.08. The third-order valence-corrected chi connectivity index (χ3v) is 6.90. The van der Waals surface area contributed by atoms with E-state index in [0.717, 1.165) is 47.2 Å². The lowest BCUT2D eigenvalue weighted by molar-refractivity contribution is -0.115. The summed E-state index contributed by atoms with van der Waals surface area (Å²) < 4.78 is 0. The molecule has 7 heteroatoms. The average Bonchev–Trinajstić information content (AvgIpc) is 3.21. The number of carbonyl (C=O) groups is 1. The number of nitrogens with one attached hydrogen (secondary N) is 1. The number of hydrogen-bond acceptors (Lipinski definition) is 6. The summed E-state index contributed by atoms with van der Waals surface area (Å²) in [4.78, 5) is 23.8. The van der Waals surface area contributed by atoms with Crippen molar-refractivity contribution in [2.24, 2.45) is 0 Å². The third-order valence-electron chi connectivity index (χ3n) is 5.02. The molecule has 150 valence electrons. The van der Waals surface area contributed by atoms with Crippen LogP contribution < -0.4 is 5.32 Å². The smallest absolute Gasteiger partial charge is 0.230 e. The lowest BCUT2D eigenvalue weighted by Crippen LogP contribution is -2.32. The zero-order chi connectivity index (χ0) is 20.1. The highest BCUT2D eigenvalue weighted by molar-refractivity contribution is 7.99. The van der Waals surface area contributed by atoms with E-state index < -0.39 is 0 Å². The first kappa shape index (κ1) is 20.1. The predicted octanol–water partition coefficient (Wildman–Crippen LogP) is 4.24. The van der Waals surface area contributed by atoms with Gasteiger partial charge in [0.2, 0.25) is 5.91 Å². The third kappa shape index (κ3) is 5.23. The van der Waals surface area contributed by atoms with E-state index >= 15 is 0 Å². The van der Waals surface area contributed by atoms with Crippen molar-refractivity contribution in [1.82, 2.24) is 14.9 Å². The van der Waals surface area contributed by atoms with Crippen LogP contribution in [-0.2, 0) is 17.8 Å². The number of amides is 1. The summed E-state index contributed by atoms with van der Waals surface area (Å²) in [7, 11) is 0. The van der Waals surface area contributed by atoms with E-state index in [1.54, 1.807) is 12.4 Å². The molecule has 0 spiro atoms. The second-order valence-electron chi connectivity index (χ2n) is 7.09. The van der Waals surface area contributed by atoms with Gasteiger partial charge >= 0.3 is 0 Å². The van der Waals surface area contributed by atoms with Gasteiger partial charge in [0.25, 0.3) is 0 Å². The van der Waals surface area contributed by atoms with Gasteiger partial charge in [-0.05, 0) is 36.2 Å². The molecule has 29 heavy (non-hydrogen) atoms. The molecule has 1 aromatic carbocycles. The van der Waals surface area contributed by atoms with E-state index in [-0.39, 0.29) is 12.3 Å². The first-order valence-corrected chi connectivity index (χ1v) is 11.8. The molecule has 1 aliphatic rings. The molecule has 0 aliphatic carbocycles. The molecule has 1 N–H and O–H groups in total. The minimum absolute atomic E-state index is 0.0392. The number of thioether (sulfide) groups is 1. The molecule has 0 atom stereocenters. The maximum Gasteiger partial charge on any atom is 0.230 e. The van der Waals surface area contributed by atoms with Gasteiger partial charge in [-0.25, -0.2) is 4.98 Å². The van der Waals surface area contributed by atoms with Crippen LogP contribution in [0.2, 0.25) is 0 Å². The monoisotopic (exact) mass is 424 g/mol. The van der Waals surface area contributed by atoms with Crippen LogP contribution in [0.1, 0.15) is 16.8 Å². The van der Waals surface area contributed by atoms with Gasteiger partial charge in [0.15, 0.2) is 0 Å². The Labute approximate surface area is 179 Å². The van der Waals surface area contributed by atoms with Crippen molar-refractivity contribution in [2.45, 2.75) is 19.9 Å². The Bertz CT molecular complexity index is 968. The molecule has 0 unspecified atom stereocenters. The molecule has 4 rings (SSSR count). The molecular formula is C22H24N4OS2. The van der Waals surface area contributed by atoms with E-state index in [0.29, 0.717) is 0 Å². The number of nitrogens with zero attached hydrogens (tertiary/aromatic N) is 3. The highest BCUT2D eigenvalue weighted by atomic mass is 32.2. The number of benzene rings is 1. The minimum atomic E-state index is -0.0392. The van der Waals surface area contributed by atoms with Crippen molar-refractivity contribution in [3.63, 3.8) is 0 Å². The predicted molar refractivity (Wildman–Crippen MR) is 121 cm³/mol. The van der Waals surface area contributed by atoms with Gasteiger partial charge in [-0.3, -0.25) is 14.7 Å². The van der Waals surface area contributed by atoms with Crippen LogP contribution in [-0.4, -0.2) is 45.4 Å². The van der Waals surface area contributed by atoms with Crippen LogP contribution in [0.25, 0.3) is 10.6 Å². The fourth-order valence-corrected chi connectivity index (χ4v) is 5.15. The molecule has 3 aromatic rings. The summed E-state index contributed by atoms with van der Waals surface area (Å²) >= 11 is 3.56. The Morgan fingerprint density at radius 3 is 2.86 bits per heavy atom. The van der Waals surface area contributed by atoms with Gasteiger partial charge in [-0.15, -0.1) is 11.3 Å². The number of rotatable bonds is 6. The summed E-state index contributed by atoms with van der Waals surface area (Å²) in [6.07, 6.45) is 3.80. The molecule has 0 radical (unpaired) electrons. The minimum Gasteiger partial charge on any atom is -0.325 e. The van der Waals surface area contributed by atoms with Crippen molar-refractivity contribution in [1.29, 1.82) is 0 Å². The Kier molecular flexibility index (Phi) is 6.59. The van der Waals surface area contributed by atoms with E-state index in [9.17, 15) is 4.79 Å². The molecule has 3 heterocycles. The van der Waals surface area contributed by atoms with Gasteiger partial charge < -0.3 is 5.32 Å². The lowest BCUT2D eigenvalue weighted by Gasteiger charge is -2.27. The normalized spacial score (nSPS) is 14.7. The Morgan fingerprint density at radius 1 is 1.21 bits per heavy atom. The highest BCUT2D eigenvalue weighted by Crippen LogP contribution is 2.24. The summed E-state index contributed by atoms with van der Waals surface area (Å²) in [6, 6.07) is 10.0. The van der Waals surface area contributed by atoms with Gasteiger partial charge in [0, 0.05) is 60.2 Å². The Morgan fingerprint density at radius 2 is 2.07 bits per heavy atom. The topological polar surface area (TPSA) is 58.1 Å². The Hall–Kier alpha value is -2.22. The first-order chi connectivity index (χ1) is 14.2. The van der Waals surface area contributed by atoms with E-state index in [2.05, 4.69) is 33.2 Å². The van der Waals surface area contributed by atoms with Crippen molar-refractivity contribution >= 4 is 34.7 Å². The molecule has 0 bridgehead atoms. The lowest BCUT2D eigenvalue weighted by atomic mass is 10.1. The molecule has 5 nitrogen and oxygen atoms in total. The second-order valence-corrected chi connectivity index (χ2v) is 9.17. The van der Waals surface area contributed by atoms with E-state index in [1.807, 2.05) is 41.4 Å². The van der Waals surface area contributed by atoms with Crippen LogP contribution in [0.3, 0.4) is 0 Å². The standard InChI is InChI=1S/C22H24N4OS2/c1-16-18(14-26-8-10-28-11-9-26)4-2-6-20(16)25-21(27)12-19-15-29-22(24-19)17-5-3-7-23-13-17/h2-7,13,15H,8-12,14H2,1H3,(H,25,27). The number of anilines is 1. The summed E-state index contributed by atoms with van der Waals surface area (Å²) in [5.74, 6) is 2.36. The molecule has 1 amide bonds. The second kappa shape index (κ2) is 9.52. The van der Waals surface area contributed by atoms with Gasteiger partial charge in [-0.2, -0.15) is 11.8 Å². The zero-order valence-electron chi connectivity index (χ0n) is 16.4. The van der Waals surface area contributed by atoms with Crippen LogP contribution in [0, 0.1) is 6.92 Å². The van der Waals surface area contributed by atoms with Crippen molar-refractivity contribution in [2.75, 3.05) is 29.9 Å². The summed E-state index contributed by atoms with van der Waals surface area (Å²) in [6.45, 7) is 5.29. The van der Waals surface area contributed by atoms with Crippen molar-refractivity contribution < 1.29 is 4.79 Å². The number of aromatic nitrogens is 2. The Balaban J connectivity index is 1.39. The molecule has 1 fully saturated rings. The number of hydrogen-bond donors (Lipinski definition) is 1. The van der Waals surface area contributed by atoms with Crippen molar-refractivity contribution in [3.05, 3.63) is 64.9 Å². The average molecular weight is 425 g/mol. The maximum absolute atomic E-state index is 12.6. The van der Waals surface area contributed by atoms with Crippen LogP contribution in [0.15, 0.2) is 48.1 Å². The van der Waals surface area contributed by atoms with E-state index in [4.69, 9.17) is 0 Å². The number of pyridine rings is 1. The first-order valence-electron chi connectivity index (χ1n) is 9.72. The van der Waals surface area contributed by atoms with Crippen molar-refractivity contribution in [3.8, 4) is 10.6 Å². The highest BCUT2D eigenvalue weighted by Gasteiger charge is 2.15. The van der Waals surface area contributed by atoms with Gasteiger partial charge in [0.1, 0.15) is 5.01 Å². The number of thiazole rings is 1. The molecule has 2 aromatic heterocycles. The largest absolute Gasteiger partial charge is 0.325 e. The fourth-order valence-electron chi connectivity index (χ4n) is 3.36. The van der Waals surface area contributed by atoms with E-state index in [1.165, 1.54) is 28.4 Å². The van der Waals surface area contributed by atoms with Crippen LogP contribution in [0.5, 0.6) is 0 Å².